The highest BCUT2D eigenvalue weighted by molar-refractivity contribution is 6.00. The topological polar surface area (TPSA) is 186 Å². The summed E-state index contributed by atoms with van der Waals surface area (Å²) in [6.45, 7) is 8.12. The van der Waals surface area contributed by atoms with Crippen LogP contribution < -0.4 is 20.4 Å². The normalized spacial score (nSPS) is 17.3. The number of carbonyl (C=O) groups excluding carboxylic acids is 2. The number of anilines is 4. The molecule has 0 aliphatic carbocycles. The number of piperidine rings is 1. The third-order valence-electron chi connectivity index (χ3n) is 8.83. The van der Waals surface area contributed by atoms with E-state index in [1.807, 2.05) is 29.2 Å². The second kappa shape index (κ2) is 17.8. The van der Waals surface area contributed by atoms with Gasteiger partial charge in [0.05, 0.1) is 26.4 Å². The van der Waals surface area contributed by atoms with Gasteiger partial charge in [-0.2, -0.15) is 15.0 Å². The molecule has 0 saturated carbocycles. The molecule has 1 aromatic heterocycles. The van der Waals surface area contributed by atoms with Crippen molar-refractivity contribution < 1.29 is 34.1 Å². The number of ether oxygens (including phenoxy) is 2. The van der Waals surface area contributed by atoms with Gasteiger partial charge in [-0.3, -0.25) is 4.79 Å². The lowest BCUT2D eigenvalue weighted by molar-refractivity contribution is -0.145. The van der Waals surface area contributed by atoms with Crippen molar-refractivity contribution in [3.8, 4) is 11.4 Å². The van der Waals surface area contributed by atoms with Crippen molar-refractivity contribution in [1.29, 1.82) is 0 Å². The van der Waals surface area contributed by atoms with Crippen molar-refractivity contribution in [2.45, 2.75) is 31.9 Å². The molecule has 3 fully saturated rings. The van der Waals surface area contributed by atoms with E-state index in [-0.39, 0.29) is 11.9 Å². The lowest BCUT2D eigenvalue weighted by Crippen LogP contribution is -2.44. The number of aromatic nitrogens is 3. The van der Waals surface area contributed by atoms with Crippen molar-refractivity contribution in [2.24, 2.45) is 0 Å². The number of benzene rings is 2. The molecule has 4 heterocycles. The number of morpholine rings is 2. The molecule has 51 heavy (non-hydrogen) atoms. The second-order valence-corrected chi connectivity index (χ2v) is 12.7. The molecule has 0 bridgehead atoms. The largest absolute Gasteiger partial charge is 0.479 e. The van der Waals surface area contributed by atoms with Gasteiger partial charge in [0, 0.05) is 67.8 Å². The van der Waals surface area contributed by atoms with Gasteiger partial charge in [0.25, 0.3) is 5.91 Å². The summed E-state index contributed by atoms with van der Waals surface area (Å²) in [5, 5.41) is 21.5. The number of rotatable bonds is 8. The highest BCUT2D eigenvalue weighted by Crippen LogP contribution is 2.24. The van der Waals surface area contributed by atoms with Crippen LogP contribution in [0.15, 0.2) is 48.5 Å². The highest BCUT2D eigenvalue weighted by Gasteiger charge is 2.25. The van der Waals surface area contributed by atoms with Crippen LogP contribution in [-0.4, -0.2) is 145 Å². The van der Waals surface area contributed by atoms with Crippen molar-refractivity contribution in [1.82, 2.24) is 24.8 Å². The number of urea groups is 1. The minimum atomic E-state index is -1.23. The summed E-state index contributed by atoms with van der Waals surface area (Å²) in [4.78, 5) is 57.9. The minimum Gasteiger partial charge on any atom is -0.479 e. The molecule has 0 radical (unpaired) electrons. The quantitative estimate of drug-likeness (QED) is 0.268. The predicted octanol–water partition coefficient (Wildman–Crippen LogP) is 2.47. The monoisotopic (exact) mass is 705 g/mol. The molecular weight excluding hydrogens is 658 g/mol. The fraction of sp³-hybridized carbons (Fsp3) is 0.486. The van der Waals surface area contributed by atoms with Crippen LogP contribution in [0.5, 0.6) is 0 Å². The van der Waals surface area contributed by atoms with Gasteiger partial charge in [-0.1, -0.05) is 0 Å². The Morgan fingerprint density at radius 1 is 0.765 bits per heavy atom. The van der Waals surface area contributed by atoms with Gasteiger partial charge in [-0.05, 0) is 82.4 Å². The first kappa shape index (κ1) is 37.4. The molecule has 16 nitrogen and oxygen atoms in total. The van der Waals surface area contributed by atoms with Crippen LogP contribution in [0, 0.1) is 0 Å². The SMILES string of the molecule is CN(C)C1CCN(C(=O)c2ccc(NC(=O)Nc3ccc(-c4nc(N5CCOCC5)nc(N5CCOCC5)n4)cc3)cc2)CC1.C[C@H](O)C(=O)O. The average molecular weight is 706 g/mol. The molecule has 3 amide bonds. The molecule has 4 N–H and O–H groups in total. The van der Waals surface area contributed by atoms with Crippen molar-refractivity contribution >= 4 is 41.2 Å². The van der Waals surface area contributed by atoms with Gasteiger partial charge in [0.1, 0.15) is 6.10 Å². The molecule has 3 aromatic rings. The summed E-state index contributed by atoms with van der Waals surface area (Å²) in [7, 11) is 4.17. The number of hydrogen-bond acceptors (Lipinski definition) is 12. The summed E-state index contributed by atoms with van der Waals surface area (Å²) in [6, 6.07) is 14.6. The first-order chi connectivity index (χ1) is 24.6. The van der Waals surface area contributed by atoms with Crippen LogP contribution in [0.25, 0.3) is 11.4 Å². The van der Waals surface area contributed by atoms with Crippen LogP contribution in [0.1, 0.15) is 30.1 Å². The average Bonchev–Trinajstić information content (AvgIpc) is 3.16. The van der Waals surface area contributed by atoms with E-state index in [0.717, 1.165) is 57.7 Å². The standard InChI is InChI=1S/C32H41N9O4.C3H6O3/c1-38(2)27-11-13-39(14-12-27)29(42)24-5-9-26(10-6-24)34-32(43)33-25-7-3-23(4-8-25)28-35-30(40-15-19-44-20-16-40)37-31(36-28)41-17-21-45-22-18-41;1-2(4)3(5)6/h3-10,27H,11-22H2,1-2H3,(H2,33,34,43);2,4H,1H3,(H,5,6)/t;2-/m.0/s1. The number of amides is 3. The van der Waals surface area contributed by atoms with E-state index in [4.69, 9.17) is 34.6 Å². The van der Waals surface area contributed by atoms with Gasteiger partial charge in [-0.15, -0.1) is 0 Å². The number of carboxylic acids is 1. The van der Waals surface area contributed by atoms with Crippen LogP contribution in [0.2, 0.25) is 0 Å². The van der Waals surface area contributed by atoms with Gasteiger partial charge in [-0.25, -0.2) is 9.59 Å². The van der Waals surface area contributed by atoms with E-state index in [1.54, 1.807) is 24.3 Å². The molecule has 3 saturated heterocycles. The summed E-state index contributed by atoms with van der Waals surface area (Å²) >= 11 is 0. The Morgan fingerprint density at radius 2 is 1.22 bits per heavy atom. The number of aliphatic hydroxyl groups is 1. The highest BCUT2D eigenvalue weighted by atomic mass is 16.5. The third kappa shape index (κ3) is 10.6. The Hall–Kier alpha value is -4.90. The Kier molecular flexibility index (Phi) is 13.1. The van der Waals surface area contributed by atoms with Crippen LogP contribution in [0.3, 0.4) is 0 Å². The molecule has 6 rings (SSSR count). The first-order valence-electron chi connectivity index (χ1n) is 17.1. The number of likely N-dealkylation sites (tertiary alicyclic amines) is 1. The minimum absolute atomic E-state index is 0.0237. The van der Waals surface area contributed by atoms with Gasteiger partial charge < -0.3 is 49.9 Å². The lowest BCUT2D eigenvalue weighted by Gasteiger charge is -2.35. The van der Waals surface area contributed by atoms with Crippen LogP contribution >= 0.6 is 0 Å². The Morgan fingerprint density at radius 3 is 1.65 bits per heavy atom. The molecule has 16 heteroatoms. The Balaban J connectivity index is 0.000000774. The lowest BCUT2D eigenvalue weighted by atomic mass is 10.0. The number of aliphatic hydroxyl groups excluding tert-OH is 1. The zero-order valence-electron chi connectivity index (χ0n) is 29.3. The molecule has 2 aromatic carbocycles. The Bertz CT molecular complexity index is 1570. The fourth-order valence-corrected chi connectivity index (χ4v) is 5.75. The summed E-state index contributed by atoms with van der Waals surface area (Å²) in [5.41, 5.74) is 2.66. The van der Waals surface area contributed by atoms with Gasteiger partial charge in [0.15, 0.2) is 5.82 Å². The molecule has 3 aliphatic heterocycles. The molecule has 0 spiro atoms. The summed E-state index contributed by atoms with van der Waals surface area (Å²) in [6.07, 6.45) is 0.713. The number of nitrogens with one attached hydrogen (secondary N) is 2. The zero-order chi connectivity index (χ0) is 36.3. The summed E-state index contributed by atoms with van der Waals surface area (Å²) < 4.78 is 11.0. The second-order valence-electron chi connectivity index (χ2n) is 12.7. The van der Waals surface area contributed by atoms with Gasteiger partial charge in [0.2, 0.25) is 11.9 Å². The number of aliphatic carboxylic acids is 1. The maximum atomic E-state index is 13.0. The van der Waals surface area contributed by atoms with E-state index in [0.29, 0.717) is 67.1 Å². The fourth-order valence-electron chi connectivity index (χ4n) is 5.75. The smallest absolute Gasteiger partial charge is 0.332 e. The molecule has 3 aliphatic rings. The molecular formula is C35H47N9O7. The van der Waals surface area contributed by atoms with E-state index < -0.39 is 12.1 Å². The number of hydrogen-bond donors (Lipinski definition) is 4. The van der Waals surface area contributed by atoms with E-state index in [9.17, 15) is 14.4 Å². The third-order valence-corrected chi connectivity index (χ3v) is 8.83. The van der Waals surface area contributed by atoms with E-state index in [2.05, 4.69) is 39.4 Å². The Labute approximate surface area is 297 Å². The number of nitrogens with zero attached hydrogens (tertiary/aromatic N) is 7. The number of carbonyl (C=O) groups is 3. The maximum Gasteiger partial charge on any atom is 0.332 e. The van der Waals surface area contributed by atoms with E-state index in [1.165, 1.54) is 6.92 Å². The zero-order valence-corrected chi connectivity index (χ0v) is 29.3. The molecule has 0 unspecified atom stereocenters. The summed E-state index contributed by atoms with van der Waals surface area (Å²) in [5.74, 6) is 0.673. The molecule has 274 valence electrons. The van der Waals surface area contributed by atoms with Crippen molar-refractivity contribution in [3.05, 3.63) is 54.1 Å². The molecule has 1 atom stereocenters. The van der Waals surface area contributed by atoms with Crippen molar-refractivity contribution in [3.63, 3.8) is 0 Å². The van der Waals surface area contributed by atoms with E-state index >= 15 is 0 Å². The van der Waals surface area contributed by atoms with Crippen molar-refractivity contribution in [2.75, 3.05) is 100 Å². The maximum absolute atomic E-state index is 13.0. The van der Waals surface area contributed by atoms with Crippen LogP contribution in [0.4, 0.5) is 28.1 Å². The number of carboxylic acid groups (broad SMARTS) is 1. The van der Waals surface area contributed by atoms with Crippen LogP contribution in [-0.2, 0) is 14.3 Å². The predicted molar refractivity (Wildman–Crippen MR) is 192 cm³/mol. The van der Waals surface area contributed by atoms with Gasteiger partial charge >= 0.3 is 12.0 Å². The first-order valence-corrected chi connectivity index (χ1v) is 17.1.